The highest BCUT2D eigenvalue weighted by Crippen LogP contribution is 2.21. The molecule has 0 aromatic heterocycles. The van der Waals surface area contributed by atoms with E-state index in [1.54, 1.807) is 13.8 Å². The molecule has 0 heterocycles. The minimum absolute atomic E-state index is 0.167. The summed E-state index contributed by atoms with van der Waals surface area (Å²) >= 11 is 0. The number of anilines is 1. The van der Waals surface area contributed by atoms with Gasteiger partial charge in [-0.15, -0.1) is 0 Å². The van der Waals surface area contributed by atoms with Crippen LogP contribution in [0.4, 0.5) is 19.3 Å². The fourth-order valence-corrected chi connectivity index (χ4v) is 1.58. The summed E-state index contributed by atoms with van der Waals surface area (Å²) in [5.74, 6) is -3.41. The molecule has 0 aliphatic heterocycles. The molecule has 1 aromatic carbocycles. The van der Waals surface area contributed by atoms with E-state index in [2.05, 4.69) is 5.32 Å². The molecule has 0 unspecified atom stereocenters. The van der Waals surface area contributed by atoms with E-state index in [9.17, 15) is 18.4 Å². The summed E-state index contributed by atoms with van der Waals surface area (Å²) in [5, 5.41) is 13.1. The Balaban J connectivity index is 2.87. The number of hydrogen-bond acceptors (Lipinski definition) is 2. The van der Waals surface area contributed by atoms with Crippen LogP contribution >= 0.6 is 0 Å². The van der Waals surface area contributed by atoms with Crippen molar-refractivity contribution in [3.63, 3.8) is 0 Å². The van der Waals surface area contributed by atoms with E-state index in [1.165, 1.54) is 13.0 Å². The van der Waals surface area contributed by atoms with Crippen LogP contribution in [-0.2, 0) is 4.79 Å². The van der Waals surface area contributed by atoms with Crippen molar-refractivity contribution in [2.45, 2.75) is 26.8 Å². The molecule has 0 aliphatic rings. The summed E-state index contributed by atoms with van der Waals surface area (Å²) in [5.41, 5.74) is -0.435. The van der Waals surface area contributed by atoms with Gasteiger partial charge in [0, 0.05) is 0 Å². The maximum absolute atomic E-state index is 13.7. The normalized spacial score (nSPS) is 12.1. The van der Waals surface area contributed by atoms with Gasteiger partial charge in [0.25, 0.3) is 0 Å². The molecule has 110 valence electrons. The van der Waals surface area contributed by atoms with Gasteiger partial charge >= 0.3 is 12.0 Å². The average molecular weight is 286 g/mol. The summed E-state index contributed by atoms with van der Waals surface area (Å²) in [6.07, 6.45) is 0. The molecule has 0 radical (unpaired) electrons. The van der Waals surface area contributed by atoms with Gasteiger partial charge in [-0.25, -0.2) is 18.4 Å². The number of urea groups is 1. The minimum Gasteiger partial charge on any atom is -0.480 e. The van der Waals surface area contributed by atoms with E-state index in [4.69, 9.17) is 5.11 Å². The van der Waals surface area contributed by atoms with Gasteiger partial charge in [-0.2, -0.15) is 0 Å². The van der Waals surface area contributed by atoms with Crippen LogP contribution in [0.5, 0.6) is 0 Å². The smallest absolute Gasteiger partial charge is 0.326 e. The van der Waals surface area contributed by atoms with Crippen LogP contribution in [0.1, 0.15) is 19.4 Å². The van der Waals surface area contributed by atoms with Crippen molar-refractivity contribution in [3.05, 3.63) is 29.3 Å². The molecular weight excluding hydrogens is 270 g/mol. The van der Waals surface area contributed by atoms with Crippen LogP contribution in [0.3, 0.4) is 0 Å². The third-order valence-electron chi connectivity index (χ3n) is 2.74. The Morgan fingerprint density at radius 3 is 2.35 bits per heavy atom. The number of rotatable bonds is 4. The zero-order valence-electron chi connectivity index (χ0n) is 11.3. The molecule has 0 bridgehead atoms. The van der Waals surface area contributed by atoms with Crippen molar-refractivity contribution < 1.29 is 23.5 Å². The van der Waals surface area contributed by atoms with Crippen LogP contribution < -0.4 is 10.6 Å². The topological polar surface area (TPSA) is 78.4 Å². The SMILES string of the molecule is Cc1ccc(F)c(NC(=O)N[C@H](C(=O)O)C(C)C)c1F. The Morgan fingerprint density at radius 1 is 1.25 bits per heavy atom. The monoisotopic (exact) mass is 286 g/mol. The Hall–Kier alpha value is -2.18. The van der Waals surface area contributed by atoms with Gasteiger partial charge in [0.2, 0.25) is 0 Å². The molecule has 20 heavy (non-hydrogen) atoms. The molecule has 7 heteroatoms. The first-order valence-electron chi connectivity index (χ1n) is 5.99. The van der Waals surface area contributed by atoms with Crippen molar-refractivity contribution >= 4 is 17.7 Å². The second kappa shape index (κ2) is 6.31. The van der Waals surface area contributed by atoms with Gasteiger partial charge in [0.1, 0.15) is 17.5 Å². The van der Waals surface area contributed by atoms with Crippen LogP contribution in [-0.4, -0.2) is 23.1 Å². The molecule has 0 aliphatic carbocycles. The van der Waals surface area contributed by atoms with Crippen LogP contribution in [0.25, 0.3) is 0 Å². The standard InChI is InChI=1S/C13H16F2N2O3/c1-6(2)10(12(18)19)16-13(20)17-11-8(14)5-4-7(3)9(11)15/h4-6,10H,1-3H3,(H,18,19)(H2,16,17,20)/t10-/m0/s1. The Bertz CT molecular complexity index is 533. The lowest BCUT2D eigenvalue weighted by atomic mass is 10.1. The van der Waals surface area contributed by atoms with Gasteiger partial charge < -0.3 is 15.7 Å². The molecule has 0 saturated carbocycles. The number of nitrogens with one attached hydrogen (secondary N) is 2. The van der Waals surface area contributed by atoms with E-state index in [1.807, 2.05) is 5.32 Å². The van der Waals surface area contributed by atoms with Crippen molar-refractivity contribution in [2.24, 2.45) is 5.92 Å². The zero-order valence-corrected chi connectivity index (χ0v) is 11.3. The summed E-state index contributed by atoms with van der Waals surface area (Å²) in [6.45, 7) is 4.63. The molecule has 2 amide bonds. The summed E-state index contributed by atoms with van der Waals surface area (Å²) in [4.78, 5) is 22.6. The number of aliphatic carboxylic acids is 1. The number of carbonyl (C=O) groups is 2. The first-order chi connectivity index (χ1) is 9.23. The average Bonchev–Trinajstić information content (AvgIpc) is 2.35. The van der Waals surface area contributed by atoms with E-state index < -0.39 is 35.4 Å². The molecule has 1 aromatic rings. The predicted octanol–water partition coefficient (Wildman–Crippen LogP) is 2.50. The molecule has 3 N–H and O–H groups in total. The molecular formula is C13H16F2N2O3. The predicted molar refractivity (Wildman–Crippen MR) is 69.5 cm³/mol. The van der Waals surface area contributed by atoms with Gasteiger partial charge in [0.15, 0.2) is 5.82 Å². The van der Waals surface area contributed by atoms with Crippen LogP contribution in [0.2, 0.25) is 0 Å². The first-order valence-corrected chi connectivity index (χ1v) is 5.99. The molecule has 1 rings (SSSR count). The number of carbonyl (C=O) groups excluding carboxylic acids is 1. The number of hydrogen-bond donors (Lipinski definition) is 3. The van der Waals surface area contributed by atoms with Crippen LogP contribution in [0.15, 0.2) is 12.1 Å². The van der Waals surface area contributed by atoms with Gasteiger partial charge in [0.05, 0.1) is 0 Å². The maximum Gasteiger partial charge on any atom is 0.326 e. The largest absolute Gasteiger partial charge is 0.480 e. The van der Waals surface area contributed by atoms with Gasteiger partial charge in [-0.05, 0) is 24.5 Å². The molecule has 0 saturated heterocycles. The third kappa shape index (κ3) is 3.66. The summed E-state index contributed by atoms with van der Waals surface area (Å²) < 4.78 is 27.1. The van der Waals surface area contributed by atoms with Crippen molar-refractivity contribution in [1.82, 2.24) is 5.32 Å². The van der Waals surface area contributed by atoms with E-state index in [0.717, 1.165) is 6.07 Å². The quantitative estimate of drug-likeness (QED) is 0.795. The van der Waals surface area contributed by atoms with Crippen molar-refractivity contribution in [2.75, 3.05) is 5.32 Å². The van der Waals surface area contributed by atoms with Crippen molar-refractivity contribution in [3.8, 4) is 0 Å². The minimum atomic E-state index is -1.22. The molecule has 1 atom stereocenters. The number of benzene rings is 1. The highest BCUT2D eigenvalue weighted by atomic mass is 19.1. The van der Waals surface area contributed by atoms with Crippen molar-refractivity contribution in [1.29, 1.82) is 0 Å². The lowest BCUT2D eigenvalue weighted by Gasteiger charge is -2.18. The second-order valence-electron chi connectivity index (χ2n) is 4.71. The highest BCUT2D eigenvalue weighted by Gasteiger charge is 2.24. The lowest BCUT2D eigenvalue weighted by molar-refractivity contribution is -0.140. The Morgan fingerprint density at radius 2 is 1.85 bits per heavy atom. The van der Waals surface area contributed by atoms with Gasteiger partial charge in [-0.3, -0.25) is 0 Å². The summed E-state index contributed by atoms with van der Waals surface area (Å²) in [6, 6.07) is 0.132. The fraction of sp³-hybridized carbons (Fsp3) is 0.385. The number of carboxylic acids is 1. The molecule has 5 nitrogen and oxygen atoms in total. The fourth-order valence-electron chi connectivity index (χ4n) is 1.58. The number of aryl methyl sites for hydroxylation is 1. The van der Waals surface area contributed by atoms with E-state index >= 15 is 0 Å². The van der Waals surface area contributed by atoms with E-state index in [-0.39, 0.29) is 11.5 Å². The maximum atomic E-state index is 13.7. The van der Waals surface area contributed by atoms with Crippen LogP contribution in [0, 0.1) is 24.5 Å². The first kappa shape index (κ1) is 15.9. The number of halogens is 2. The van der Waals surface area contributed by atoms with E-state index in [0.29, 0.717) is 0 Å². The number of carboxylic acid groups (broad SMARTS) is 1. The Labute approximate surface area is 115 Å². The van der Waals surface area contributed by atoms with Gasteiger partial charge in [-0.1, -0.05) is 19.9 Å². The summed E-state index contributed by atoms with van der Waals surface area (Å²) in [7, 11) is 0. The number of amides is 2. The highest BCUT2D eigenvalue weighted by molar-refractivity contribution is 5.92. The molecule has 0 fully saturated rings. The molecule has 0 spiro atoms. The third-order valence-corrected chi connectivity index (χ3v) is 2.74. The second-order valence-corrected chi connectivity index (χ2v) is 4.71. The zero-order chi connectivity index (χ0) is 15.4. The Kier molecular flexibility index (Phi) is 5.01. The lowest BCUT2D eigenvalue weighted by Crippen LogP contribution is -2.46.